The number of hydrogen-bond acceptors (Lipinski definition) is 3. The molecule has 2 aromatic rings. The van der Waals surface area contributed by atoms with Crippen molar-refractivity contribution in [2.75, 3.05) is 19.6 Å². The summed E-state index contributed by atoms with van der Waals surface area (Å²) in [6, 6.07) is 19.3. The van der Waals surface area contributed by atoms with Crippen molar-refractivity contribution in [2.45, 2.75) is 72.5 Å². The highest BCUT2D eigenvalue weighted by molar-refractivity contribution is 5.33. The van der Waals surface area contributed by atoms with E-state index in [1.807, 2.05) is 36.4 Å². The van der Waals surface area contributed by atoms with Crippen LogP contribution in [0.4, 0.5) is 0 Å². The van der Waals surface area contributed by atoms with E-state index in [-0.39, 0.29) is 11.0 Å². The monoisotopic (exact) mass is 408 g/mol. The van der Waals surface area contributed by atoms with Crippen LogP contribution in [0.2, 0.25) is 0 Å². The molecule has 0 amide bonds. The number of ether oxygens (including phenoxy) is 1. The largest absolute Gasteiger partial charge is 0.457 e. The van der Waals surface area contributed by atoms with Gasteiger partial charge in [-0.05, 0) is 68.9 Å². The third-order valence-corrected chi connectivity index (χ3v) is 5.87. The molecule has 3 rings (SSSR count). The average molecular weight is 409 g/mol. The van der Waals surface area contributed by atoms with Gasteiger partial charge in [0, 0.05) is 37.8 Å². The third kappa shape index (κ3) is 6.85. The minimum atomic E-state index is 0.267. The molecule has 1 saturated heterocycles. The molecule has 0 bridgehead atoms. The van der Waals surface area contributed by atoms with Gasteiger partial charge in [-0.25, -0.2) is 0 Å². The molecule has 0 unspecified atom stereocenters. The SMILES string of the molecule is CC(C)(C)CN(Cc1cccc(Oc2ccccc2)c1)C1CCN(C(C)(C)C)CC1. The number of para-hydroxylation sites is 1. The molecule has 2 aromatic carbocycles. The minimum Gasteiger partial charge on any atom is -0.457 e. The summed E-state index contributed by atoms with van der Waals surface area (Å²) in [6.07, 6.45) is 2.49. The fourth-order valence-corrected chi connectivity index (χ4v) is 4.39. The van der Waals surface area contributed by atoms with E-state index in [2.05, 4.69) is 69.5 Å². The molecule has 0 saturated carbocycles. The maximum atomic E-state index is 6.07. The van der Waals surface area contributed by atoms with E-state index in [0.717, 1.165) is 24.6 Å². The van der Waals surface area contributed by atoms with Gasteiger partial charge in [0.25, 0.3) is 0 Å². The number of benzene rings is 2. The maximum absolute atomic E-state index is 6.07. The van der Waals surface area contributed by atoms with E-state index in [9.17, 15) is 0 Å². The molecule has 1 aliphatic heterocycles. The van der Waals surface area contributed by atoms with Crippen molar-refractivity contribution in [3.05, 3.63) is 60.2 Å². The number of hydrogen-bond donors (Lipinski definition) is 0. The summed E-state index contributed by atoms with van der Waals surface area (Å²) in [5.41, 5.74) is 1.87. The summed E-state index contributed by atoms with van der Waals surface area (Å²) in [4.78, 5) is 5.34. The number of likely N-dealkylation sites (tertiary alicyclic amines) is 1. The molecule has 0 aromatic heterocycles. The molecule has 1 aliphatic rings. The van der Waals surface area contributed by atoms with Crippen molar-refractivity contribution in [1.29, 1.82) is 0 Å². The Hall–Kier alpha value is -1.84. The first-order valence-corrected chi connectivity index (χ1v) is 11.4. The fraction of sp³-hybridized carbons (Fsp3) is 0.556. The molecule has 0 atom stereocenters. The Labute approximate surface area is 184 Å². The van der Waals surface area contributed by atoms with Gasteiger partial charge in [0.2, 0.25) is 0 Å². The highest BCUT2D eigenvalue weighted by Crippen LogP contribution is 2.28. The average Bonchev–Trinajstić information content (AvgIpc) is 2.67. The van der Waals surface area contributed by atoms with Gasteiger partial charge in [0.1, 0.15) is 11.5 Å². The second-order valence-electron chi connectivity index (χ2n) is 10.9. The highest BCUT2D eigenvalue weighted by Gasteiger charge is 2.31. The molecule has 1 heterocycles. The van der Waals surface area contributed by atoms with Crippen LogP contribution in [0.3, 0.4) is 0 Å². The zero-order chi connectivity index (χ0) is 21.8. The Kier molecular flexibility index (Phi) is 7.26. The van der Waals surface area contributed by atoms with Crippen LogP contribution in [0, 0.1) is 5.41 Å². The zero-order valence-electron chi connectivity index (χ0n) is 19.8. The van der Waals surface area contributed by atoms with Crippen LogP contribution in [-0.2, 0) is 6.54 Å². The van der Waals surface area contributed by atoms with Gasteiger partial charge >= 0.3 is 0 Å². The summed E-state index contributed by atoms with van der Waals surface area (Å²) in [6.45, 7) is 18.5. The van der Waals surface area contributed by atoms with Crippen LogP contribution in [0.15, 0.2) is 54.6 Å². The molecule has 164 valence electrons. The van der Waals surface area contributed by atoms with Crippen molar-refractivity contribution < 1.29 is 4.74 Å². The number of nitrogens with zero attached hydrogens (tertiary/aromatic N) is 2. The van der Waals surface area contributed by atoms with E-state index in [4.69, 9.17) is 4.74 Å². The molecular weight excluding hydrogens is 368 g/mol. The maximum Gasteiger partial charge on any atom is 0.127 e. The van der Waals surface area contributed by atoms with Crippen LogP contribution >= 0.6 is 0 Å². The van der Waals surface area contributed by atoms with Crippen molar-refractivity contribution in [1.82, 2.24) is 9.80 Å². The van der Waals surface area contributed by atoms with Gasteiger partial charge in [-0.15, -0.1) is 0 Å². The lowest BCUT2D eigenvalue weighted by Gasteiger charge is -2.45. The molecular formula is C27H40N2O. The second kappa shape index (κ2) is 9.53. The van der Waals surface area contributed by atoms with E-state index in [1.54, 1.807) is 0 Å². The molecule has 0 radical (unpaired) electrons. The molecule has 0 N–H and O–H groups in total. The first-order chi connectivity index (χ1) is 14.1. The Morgan fingerprint density at radius 3 is 2.10 bits per heavy atom. The molecule has 3 nitrogen and oxygen atoms in total. The Morgan fingerprint density at radius 2 is 1.50 bits per heavy atom. The van der Waals surface area contributed by atoms with Gasteiger partial charge in [-0.2, -0.15) is 0 Å². The normalized spacial score (nSPS) is 16.8. The van der Waals surface area contributed by atoms with E-state index in [1.165, 1.54) is 31.5 Å². The topological polar surface area (TPSA) is 15.7 Å². The first kappa shape index (κ1) is 22.8. The highest BCUT2D eigenvalue weighted by atomic mass is 16.5. The summed E-state index contributed by atoms with van der Waals surface area (Å²) in [5.74, 6) is 1.80. The molecule has 30 heavy (non-hydrogen) atoms. The van der Waals surface area contributed by atoms with Crippen molar-refractivity contribution >= 4 is 0 Å². The quantitative estimate of drug-likeness (QED) is 0.536. The van der Waals surface area contributed by atoms with Crippen molar-refractivity contribution in [3.8, 4) is 11.5 Å². The first-order valence-electron chi connectivity index (χ1n) is 11.4. The summed E-state index contributed by atoms with van der Waals surface area (Å²) in [5, 5.41) is 0. The van der Waals surface area contributed by atoms with Gasteiger partial charge < -0.3 is 4.74 Å². The molecule has 3 heteroatoms. The standard InChI is InChI=1S/C27H40N2O/c1-26(2,3)21-28(23-15-17-29(18-16-23)27(4,5)6)20-22-11-10-14-25(19-22)30-24-12-8-7-9-13-24/h7-14,19,23H,15-18,20-21H2,1-6H3. The van der Waals surface area contributed by atoms with E-state index < -0.39 is 0 Å². The lowest BCUT2D eigenvalue weighted by Crippen LogP contribution is -2.51. The summed E-state index contributed by atoms with van der Waals surface area (Å²) < 4.78 is 6.07. The van der Waals surface area contributed by atoms with Gasteiger partial charge in [0.15, 0.2) is 0 Å². The Balaban J connectivity index is 1.70. The molecule has 0 aliphatic carbocycles. The van der Waals surface area contributed by atoms with E-state index >= 15 is 0 Å². The predicted molar refractivity (Wildman–Crippen MR) is 127 cm³/mol. The fourth-order valence-electron chi connectivity index (χ4n) is 4.39. The van der Waals surface area contributed by atoms with Crippen molar-refractivity contribution in [2.24, 2.45) is 5.41 Å². The summed E-state index contributed by atoms with van der Waals surface area (Å²) in [7, 11) is 0. The van der Waals surface area contributed by atoms with E-state index in [0.29, 0.717) is 6.04 Å². The molecule has 0 spiro atoms. The molecule has 1 fully saturated rings. The zero-order valence-corrected chi connectivity index (χ0v) is 19.8. The smallest absolute Gasteiger partial charge is 0.127 e. The Bertz CT molecular complexity index is 781. The lowest BCUT2D eigenvalue weighted by atomic mass is 9.92. The van der Waals surface area contributed by atoms with Gasteiger partial charge in [0.05, 0.1) is 0 Å². The number of piperidine rings is 1. The van der Waals surface area contributed by atoms with Crippen LogP contribution in [0.25, 0.3) is 0 Å². The van der Waals surface area contributed by atoms with Crippen molar-refractivity contribution in [3.63, 3.8) is 0 Å². The summed E-state index contributed by atoms with van der Waals surface area (Å²) >= 11 is 0. The Morgan fingerprint density at radius 1 is 0.867 bits per heavy atom. The van der Waals surface area contributed by atoms with Crippen LogP contribution < -0.4 is 4.74 Å². The second-order valence-corrected chi connectivity index (χ2v) is 10.9. The van der Waals surface area contributed by atoms with Crippen LogP contribution in [0.1, 0.15) is 59.9 Å². The number of rotatable bonds is 6. The van der Waals surface area contributed by atoms with Gasteiger partial charge in [-0.3, -0.25) is 9.80 Å². The third-order valence-electron chi connectivity index (χ3n) is 5.87. The predicted octanol–water partition coefficient (Wildman–Crippen LogP) is 6.59. The van der Waals surface area contributed by atoms with Crippen LogP contribution in [0.5, 0.6) is 11.5 Å². The van der Waals surface area contributed by atoms with Crippen LogP contribution in [-0.4, -0.2) is 41.0 Å². The minimum absolute atomic E-state index is 0.267. The lowest BCUT2D eigenvalue weighted by molar-refractivity contribution is 0.0393. The van der Waals surface area contributed by atoms with Gasteiger partial charge in [-0.1, -0.05) is 51.1 Å².